The van der Waals surface area contributed by atoms with Crippen LogP contribution in [-0.2, 0) is 30.3 Å². The Morgan fingerprint density at radius 1 is 1.21 bits per heavy atom. The molecule has 3 heterocycles. The van der Waals surface area contributed by atoms with Crippen LogP contribution in [0.2, 0.25) is 0 Å². The van der Waals surface area contributed by atoms with Crippen LogP contribution < -0.4 is 4.90 Å². The van der Waals surface area contributed by atoms with Gasteiger partial charge in [0.1, 0.15) is 11.6 Å². The van der Waals surface area contributed by atoms with Gasteiger partial charge < -0.3 is 24.4 Å². The fraction of sp³-hybridized carbons (Fsp3) is 0.441. The number of benzene rings is 2. The van der Waals surface area contributed by atoms with E-state index in [9.17, 15) is 19.5 Å². The van der Waals surface area contributed by atoms with Gasteiger partial charge in [-0.15, -0.1) is 13.2 Å². The number of fused-ring (bicyclic) bond motifs is 1. The third kappa shape index (κ3) is 5.47. The Bertz CT molecular complexity index is 1400. The third-order valence-electron chi connectivity index (χ3n) is 8.95. The Hall–Kier alpha value is -3.27. The normalized spacial score (nSPS) is 28.0. The van der Waals surface area contributed by atoms with E-state index in [1.807, 2.05) is 62.4 Å². The van der Waals surface area contributed by atoms with Gasteiger partial charge in [0.2, 0.25) is 5.91 Å². The van der Waals surface area contributed by atoms with Gasteiger partial charge >= 0.3 is 5.97 Å². The average Bonchev–Trinajstić information content (AvgIpc) is 3.59. The summed E-state index contributed by atoms with van der Waals surface area (Å²) in [6.45, 7) is 11.5. The molecule has 2 aromatic carbocycles. The first-order chi connectivity index (χ1) is 20.7. The molecule has 9 heteroatoms. The van der Waals surface area contributed by atoms with Crippen molar-refractivity contribution in [1.29, 1.82) is 0 Å². The van der Waals surface area contributed by atoms with Crippen molar-refractivity contribution in [2.75, 3.05) is 24.7 Å². The number of hydrogen-bond acceptors (Lipinski definition) is 6. The minimum absolute atomic E-state index is 0.144. The fourth-order valence-electron chi connectivity index (χ4n) is 7.08. The molecule has 1 spiro atoms. The maximum atomic E-state index is 14.9. The summed E-state index contributed by atoms with van der Waals surface area (Å²) >= 11 is 3.71. The lowest BCUT2D eigenvalue weighted by Gasteiger charge is -2.39. The molecule has 228 valence electrons. The smallest absolute Gasteiger partial charge is 0.312 e. The van der Waals surface area contributed by atoms with E-state index in [-0.39, 0.29) is 36.4 Å². The lowest BCUT2D eigenvalue weighted by Crippen LogP contribution is -2.59. The van der Waals surface area contributed by atoms with Gasteiger partial charge in [-0.3, -0.25) is 14.4 Å². The van der Waals surface area contributed by atoms with E-state index in [4.69, 9.17) is 9.47 Å². The fourth-order valence-corrected chi connectivity index (χ4v) is 8.02. The Morgan fingerprint density at radius 3 is 2.63 bits per heavy atom. The number of anilines is 1. The van der Waals surface area contributed by atoms with Crippen molar-refractivity contribution in [3.63, 3.8) is 0 Å². The van der Waals surface area contributed by atoms with Crippen LogP contribution in [0, 0.1) is 25.7 Å². The maximum absolute atomic E-state index is 14.9. The number of aryl methyl sites for hydroxylation is 2. The molecule has 3 unspecified atom stereocenters. The summed E-state index contributed by atoms with van der Waals surface area (Å²) in [6.07, 6.45) is 3.86. The van der Waals surface area contributed by atoms with Crippen molar-refractivity contribution >= 4 is 39.4 Å². The number of amides is 2. The predicted octanol–water partition coefficient (Wildman–Crippen LogP) is 4.29. The number of likely N-dealkylation sites (tertiary alicyclic amines) is 1. The standard InChI is InChI=1S/C34H39BrN2O6/c1-5-7-16-42-33(41)27-28-31(39)37(24(20-38)18-23-11-9-8-10-12-23)30(34(28)19-25(35)29(27)43-34)32(40)36(15-6-2)26-17-21(3)13-14-22(26)4/h5-6,8-14,17,24-25,27-30,38H,1-2,7,15-16,18-20H2,3-4H3/t24-,25?,27-,28+,29-,30?,34?/m1/s1. The van der Waals surface area contributed by atoms with E-state index in [2.05, 4.69) is 29.1 Å². The number of aliphatic hydroxyl groups excluding tert-OH is 1. The first-order valence-electron chi connectivity index (χ1n) is 14.7. The molecule has 2 bridgehead atoms. The van der Waals surface area contributed by atoms with Gasteiger partial charge in [-0.25, -0.2) is 0 Å². The van der Waals surface area contributed by atoms with Crippen molar-refractivity contribution in [2.24, 2.45) is 11.8 Å². The van der Waals surface area contributed by atoms with Crippen molar-refractivity contribution in [1.82, 2.24) is 4.90 Å². The molecule has 0 radical (unpaired) electrons. The second kappa shape index (κ2) is 12.8. The molecular weight excluding hydrogens is 612 g/mol. The molecule has 3 fully saturated rings. The van der Waals surface area contributed by atoms with Crippen LogP contribution in [0.5, 0.6) is 0 Å². The van der Waals surface area contributed by atoms with E-state index < -0.39 is 41.6 Å². The molecule has 0 saturated carbocycles. The second-order valence-electron chi connectivity index (χ2n) is 11.7. The highest BCUT2D eigenvalue weighted by atomic mass is 79.9. The number of halogens is 1. The van der Waals surface area contributed by atoms with Crippen molar-refractivity contribution in [3.8, 4) is 0 Å². The van der Waals surface area contributed by atoms with Crippen molar-refractivity contribution < 1.29 is 29.0 Å². The molecule has 8 nitrogen and oxygen atoms in total. The molecule has 3 aliphatic heterocycles. The van der Waals surface area contributed by atoms with E-state index in [0.29, 0.717) is 24.9 Å². The van der Waals surface area contributed by atoms with Gasteiger partial charge in [0.15, 0.2) is 0 Å². The quantitative estimate of drug-likeness (QED) is 0.159. The molecule has 2 amide bonds. The van der Waals surface area contributed by atoms with Gasteiger partial charge in [-0.1, -0.05) is 70.5 Å². The van der Waals surface area contributed by atoms with Gasteiger partial charge in [0.05, 0.1) is 37.2 Å². The number of ether oxygens (including phenoxy) is 2. The largest absolute Gasteiger partial charge is 0.465 e. The van der Waals surface area contributed by atoms with Crippen molar-refractivity contribution in [2.45, 2.75) is 61.7 Å². The summed E-state index contributed by atoms with van der Waals surface area (Å²) < 4.78 is 12.2. The van der Waals surface area contributed by atoms with Gasteiger partial charge in [-0.05, 0) is 55.9 Å². The molecule has 1 N–H and O–H groups in total. The maximum Gasteiger partial charge on any atom is 0.312 e. The zero-order valence-electron chi connectivity index (χ0n) is 24.7. The Kier molecular flexibility index (Phi) is 9.25. The van der Waals surface area contributed by atoms with Gasteiger partial charge in [0, 0.05) is 17.1 Å². The number of rotatable bonds is 12. The Morgan fingerprint density at radius 2 is 1.95 bits per heavy atom. The molecule has 3 saturated heterocycles. The van der Waals surface area contributed by atoms with Crippen LogP contribution in [-0.4, -0.2) is 76.2 Å². The SMILES string of the molecule is C=CCCOC(=O)[C@H]1[C@@H]2OC3(CC2Br)C(C(=O)N(CC=C)c2cc(C)ccc2C)N([C@@H](CO)Cc2ccccc2)C(=O)[C@H]13. The first-order valence-corrected chi connectivity index (χ1v) is 15.7. The second-order valence-corrected chi connectivity index (χ2v) is 12.9. The van der Waals surface area contributed by atoms with E-state index in [0.717, 1.165) is 16.7 Å². The van der Waals surface area contributed by atoms with E-state index >= 15 is 0 Å². The van der Waals surface area contributed by atoms with Crippen LogP contribution in [0.25, 0.3) is 0 Å². The highest BCUT2D eigenvalue weighted by Gasteiger charge is 2.77. The monoisotopic (exact) mass is 650 g/mol. The summed E-state index contributed by atoms with van der Waals surface area (Å²) in [5.74, 6) is -3.05. The summed E-state index contributed by atoms with van der Waals surface area (Å²) in [4.78, 5) is 45.9. The summed E-state index contributed by atoms with van der Waals surface area (Å²) in [6, 6.07) is 13.6. The molecule has 0 aliphatic carbocycles. The zero-order chi connectivity index (χ0) is 30.9. The number of hydrogen-bond donors (Lipinski definition) is 1. The summed E-state index contributed by atoms with van der Waals surface area (Å²) in [7, 11) is 0. The Labute approximate surface area is 261 Å². The number of carbonyl (C=O) groups excluding carboxylic acids is 3. The van der Waals surface area contributed by atoms with Crippen LogP contribution in [0.1, 0.15) is 29.5 Å². The predicted molar refractivity (Wildman–Crippen MR) is 168 cm³/mol. The zero-order valence-corrected chi connectivity index (χ0v) is 26.2. The van der Waals surface area contributed by atoms with E-state index in [1.54, 1.807) is 17.1 Å². The highest BCUT2D eigenvalue weighted by Crippen LogP contribution is 2.61. The minimum Gasteiger partial charge on any atom is -0.465 e. The van der Waals surface area contributed by atoms with Crippen LogP contribution in [0.4, 0.5) is 5.69 Å². The number of esters is 1. The van der Waals surface area contributed by atoms with Gasteiger partial charge in [0.25, 0.3) is 5.91 Å². The average molecular weight is 652 g/mol. The number of alkyl halides is 1. The molecule has 7 atom stereocenters. The lowest BCUT2D eigenvalue weighted by atomic mass is 9.70. The van der Waals surface area contributed by atoms with Crippen LogP contribution >= 0.6 is 15.9 Å². The topological polar surface area (TPSA) is 96.4 Å². The lowest BCUT2D eigenvalue weighted by molar-refractivity contribution is -0.155. The number of nitrogens with zero attached hydrogens (tertiary/aromatic N) is 2. The summed E-state index contributed by atoms with van der Waals surface area (Å²) in [5.41, 5.74) is 2.22. The van der Waals surface area contributed by atoms with Gasteiger partial charge in [-0.2, -0.15) is 0 Å². The minimum atomic E-state index is -1.28. The summed E-state index contributed by atoms with van der Waals surface area (Å²) in [5, 5.41) is 10.7. The van der Waals surface area contributed by atoms with Crippen molar-refractivity contribution in [3.05, 3.63) is 90.5 Å². The number of carbonyl (C=O) groups is 3. The molecule has 2 aromatic rings. The molecule has 5 rings (SSSR count). The molecule has 3 aliphatic rings. The van der Waals surface area contributed by atoms with E-state index in [1.165, 1.54) is 4.90 Å². The molecule has 0 aromatic heterocycles. The highest BCUT2D eigenvalue weighted by molar-refractivity contribution is 9.09. The number of aliphatic hydroxyl groups is 1. The first kappa shape index (κ1) is 31.2. The Balaban J connectivity index is 1.62. The molecule has 43 heavy (non-hydrogen) atoms. The molecular formula is C34H39BrN2O6. The third-order valence-corrected chi connectivity index (χ3v) is 9.80. The van der Waals surface area contributed by atoms with Crippen LogP contribution in [0.15, 0.2) is 73.8 Å². The van der Waals surface area contributed by atoms with Crippen LogP contribution in [0.3, 0.4) is 0 Å².